The van der Waals surface area contributed by atoms with Gasteiger partial charge in [-0.25, -0.2) is 0 Å². The van der Waals surface area contributed by atoms with Crippen LogP contribution in [0.3, 0.4) is 0 Å². The fourth-order valence-electron chi connectivity index (χ4n) is 3.85. The van der Waals surface area contributed by atoms with Crippen molar-refractivity contribution in [1.82, 2.24) is 10.2 Å². The maximum Gasteiger partial charge on any atom is 0.0521 e. The number of nitrogens with one attached hydrogen (secondary N) is 1. The van der Waals surface area contributed by atoms with Gasteiger partial charge in [0.2, 0.25) is 0 Å². The molecule has 2 saturated heterocycles. The van der Waals surface area contributed by atoms with Crippen molar-refractivity contribution in [3.8, 4) is 0 Å². The van der Waals surface area contributed by atoms with Crippen LogP contribution < -0.4 is 5.32 Å². The normalized spacial score (nSPS) is 31.7. The van der Waals surface area contributed by atoms with Crippen LogP contribution in [0.4, 0.5) is 0 Å². The van der Waals surface area contributed by atoms with Gasteiger partial charge < -0.3 is 15.0 Å². The molecule has 2 aliphatic rings. The van der Waals surface area contributed by atoms with Crippen LogP contribution >= 0.6 is 0 Å². The van der Waals surface area contributed by atoms with Crippen molar-refractivity contribution in [2.24, 2.45) is 11.3 Å². The highest BCUT2D eigenvalue weighted by Gasteiger charge is 2.37. The van der Waals surface area contributed by atoms with Gasteiger partial charge in [-0.15, -0.1) is 0 Å². The molecule has 3 heteroatoms. The zero-order chi connectivity index (χ0) is 13.7. The van der Waals surface area contributed by atoms with Gasteiger partial charge in [0, 0.05) is 31.7 Å². The zero-order valence-electron chi connectivity index (χ0n) is 13.1. The van der Waals surface area contributed by atoms with Crippen LogP contribution in [0.2, 0.25) is 0 Å². The average Bonchev–Trinajstić information content (AvgIpc) is 2.85. The summed E-state index contributed by atoms with van der Waals surface area (Å²) in [6.45, 7) is 13.7. The number of hydrogen-bond donors (Lipinski definition) is 1. The van der Waals surface area contributed by atoms with E-state index in [9.17, 15) is 0 Å². The molecule has 2 atom stereocenters. The molecule has 2 heterocycles. The number of hydrogen-bond acceptors (Lipinski definition) is 3. The molecule has 3 nitrogen and oxygen atoms in total. The van der Waals surface area contributed by atoms with E-state index in [1.54, 1.807) is 0 Å². The molecule has 1 N–H and O–H groups in total. The molecule has 0 aromatic carbocycles. The van der Waals surface area contributed by atoms with E-state index in [0.29, 0.717) is 17.4 Å². The highest BCUT2D eigenvalue weighted by molar-refractivity contribution is 4.90. The van der Waals surface area contributed by atoms with Crippen molar-refractivity contribution in [3.05, 3.63) is 0 Å². The Morgan fingerprint density at radius 1 is 1.26 bits per heavy atom. The topological polar surface area (TPSA) is 24.5 Å². The summed E-state index contributed by atoms with van der Waals surface area (Å²) in [4.78, 5) is 2.69. The standard InChI is InChI=1S/C16H32N2O/c1-4-16(5-2)8-9-18(13-16)11-14-12-19-10-7-15(14)17-6-3/h14-15,17H,4-13H2,1-3H3. The third-order valence-corrected chi connectivity index (χ3v) is 5.45. The molecule has 19 heavy (non-hydrogen) atoms. The molecule has 0 saturated carbocycles. The highest BCUT2D eigenvalue weighted by atomic mass is 16.5. The van der Waals surface area contributed by atoms with Gasteiger partial charge in [0.05, 0.1) is 6.61 Å². The molecule has 0 amide bonds. The summed E-state index contributed by atoms with van der Waals surface area (Å²) >= 11 is 0. The summed E-state index contributed by atoms with van der Waals surface area (Å²) in [5.41, 5.74) is 0.600. The first kappa shape index (κ1) is 15.3. The third kappa shape index (κ3) is 3.71. The van der Waals surface area contributed by atoms with Gasteiger partial charge in [-0.1, -0.05) is 20.8 Å². The van der Waals surface area contributed by atoms with E-state index in [4.69, 9.17) is 4.74 Å². The number of likely N-dealkylation sites (tertiary alicyclic amines) is 1. The van der Waals surface area contributed by atoms with Crippen molar-refractivity contribution in [2.45, 2.75) is 52.5 Å². The predicted octanol–water partition coefficient (Wildman–Crippen LogP) is 2.51. The van der Waals surface area contributed by atoms with Gasteiger partial charge in [-0.05, 0) is 44.2 Å². The van der Waals surface area contributed by atoms with Gasteiger partial charge in [0.25, 0.3) is 0 Å². The monoisotopic (exact) mass is 268 g/mol. The average molecular weight is 268 g/mol. The van der Waals surface area contributed by atoms with E-state index in [1.165, 1.54) is 45.3 Å². The lowest BCUT2D eigenvalue weighted by atomic mass is 9.82. The van der Waals surface area contributed by atoms with Crippen LogP contribution in [0.15, 0.2) is 0 Å². The summed E-state index contributed by atoms with van der Waals surface area (Å²) in [5, 5.41) is 3.65. The van der Waals surface area contributed by atoms with Gasteiger partial charge in [-0.2, -0.15) is 0 Å². The van der Waals surface area contributed by atoms with Crippen molar-refractivity contribution in [1.29, 1.82) is 0 Å². The maximum absolute atomic E-state index is 5.71. The second-order valence-corrected chi connectivity index (χ2v) is 6.48. The minimum atomic E-state index is 0.600. The van der Waals surface area contributed by atoms with Gasteiger partial charge in [-0.3, -0.25) is 0 Å². The highest BCUT2D eigenvalue weighted by Crippen LogP contribution is 2.37. The van der Waals surface area contributed by atoms with Gasteiger partial charge in [0.1, 0.15) is 0 Å². The Hall–Kier alpha value is -0.120. The van der Waals surface area contributed by atoms with Crippen molar-refractivity contribution in [3.63, 3.8) is 0 Å². The van der Waals surface area contributed by atoms with E-state index in [2.05, 4.69) is 31.0 Å². The molecular formula is C16H32N2O. The van der Waals surface area contributed by atoms with Crippen LogP contribution in [0.1, 0.15) is 46.5 Å². The lowest BCUT2D eigenvalue weighted by Crippen LogP contribution is -2.47. The number of nitrogens with zero attached hydrogens (tertiary/aromatic N) is 1. The van der Waals surface area contributed by atoms with Crippen LogP contribution in [0.25, 0.3) is 0 Å². The quantitative estimate of drug-likeness (QED) is 0.801. The molecule has 0 radical (unpaired) electrons. The summed E-state index contributed by atoms with van der Waals surface area (Å²) in [5.74, 6) is 0.679. The molecule has 0 bridgehead atoms. The molecule has 112 valence electrons. The van der Waals surface area contributed by atoms with Crippen LogP contribution in [-0.4, -0.2) is 50.3 Å². The number of rotatable bonds is 6. The Labute approximate surface area is 119 Å². The van der Waals surface area contributed by atoms with Gasteiger partial charge in [0.15, 0.2) is 0 Å². The molecule has 2 fully saturated rings. The lowest BCUT2D eigenvalue weighted by Gasteiger charge is -2.35. The SMILES string of the molecule is CCNC1CCOCC1CN1CCC(CC)(CC)C1. The first-order valence-electron chi connectivity index (χ1n) is 8.26. The smallest absolute Gasteiger partial charge is 0.0521 e. The Kier molecular flexibility index (Phi) is 5.67. The lowest BCUT2D eigenvalue weighted by molar-refractivity contribution is 0.0184. The Morgan fingerprint density at radius 3 is 2.68 bits per heavy atom. The first-order valence-corrected chi connectivity index (χ1v) is 8.26. The van der Waals surface area contributed by atoms with Gasteiger partial charge >= 0.3 is 0 Å². The molecular weight excluding hydrogens is 236 g/mol. The molecule has 0 spiro atoms. The molecule has 0 aliphatic carbocycles. The third-order valence-electron chi connectivity index (χ3n) is 5.45. The van der Waals surface area contributed by atoms with E-state index in [1.807, 2.05) is 0 Å². The second-order valence-electron chi connectivity index (χ2n) is 6.48. The fraction of sp³-hybridized carbons (Fsp3) is 1.00. The van der Waals surface area contributed by atoms with E-state index >= 15 is 0 Å². The van der Waals surface area contributed by atoms with Crippen LogP contribution in [0, 0.1) is 11.3 Å². The largest absolute Gasteiger partial charge is 0.381 e. The fourth-order valence-corrected chi connectivity index (χ4v) is 3.85. The van der Waals surface area contributed by atoms with E-state index in [-0.39, 0.29) is 0 Å². The summed E-state index contributed by atoms with van der Waals surface area (Å²) in [7, 11) is 0. The summed E-state index contributed by atoms with van der Waals surface area (Å²) in [6.07, 6.45) is 5.23. The number of ether oxygens (including phenoxy) is 1. The first-order chi connectivity index (χ1) is 9.23. The van der Waals surface area contributed by atoms with Crippen molar-refractivity contribution >= 4 is 0 Å². The molecule has 2 unspecified atom stereocenters. The van der Waals surface area contributed by atoms with Crippen LogP contribution in [0.5, 0.6) is 0 Å². The molecule has 0 aromatic rings. The predicted molar refractivity (Wildman–Crippen MR) is 80.5 cm³/mol. The summed E-state index contributed by atoms with van der Waals surface area (Å²) in [6, 6.07) is 0.664. The Bertz CT molecular complexity index is 263. The second kappa shape index (κ2) is 7.05. The Balaban J connectivity index is 1.86. The molecule has 2 rings (SSSR count). The van der Waals surface area contributed by atoms with E-state index < -0.39 is 0 Å². The van der Waals surface area contributed by atoms with Crippen molar-refractivity contribution in [2.75, 3.05) is 39.4 Å². The van der Waals surface area contributed by atoms with Crippen molar-refractivity contribution < 1.29 is 4.74 Å². The minimum absolute atomic E-state index is 0.600. The van der Waals surface area contributed by atoms with E-state index in [0.717, 1.165) is 19.8 Å². The molecule has 0 aromatic heterocycles. The zero-order valence-corrected chi connectivity index (χ0v) is 13.1. The molecule has 2 aliphatic heterocycles. The summed E-state index contributed by atoms with van der Waals surface area (Å²) < 4.78 is 5.71. The van der Waals surface area contributed by atoms with Crippen LogP contribution in [-0.2, 0) is 4.74 Å². The maximum atomic E-state index is 5.71. The minimum Gasteiger partial charge on any atom is -0.381 e. The Morgan fingerprint density at radius 2 is 2.05 bits per heavy atom.